The molecule has 3 aromatic carbocycles. The Kier molecular flexibility index (Phi) is 5.32. The minimum absolute atomic E-state index is 0.181. The monoisotopic (exact) mass is 348 g/mol. The van der Waals surface area contributed by atoms with Gasteiger partial charge in [0.05, 0.1) is 11.8 Å². The highest BCUT2D eigenvalue weighted by atomic mass is 16.4. The van der Waals surface area contributed by atoms with E-state index in [-0.39, 0.29) is 12.8 Å². The molecule has 0 aliphatic rings. The van der Waals surface area contributed by atoms with Crippen LogP contribution < -0.4 is 0 Å². The lowest BCUT2D eigenvalue weighted by molar-refractivity contribution is -0.153. The lowest BCUT2D eigenvalue weighted by atomic mass is 9.82. The van der Waals surface area contributed by atoms with Crippen molar-refractivity contribution in [1.29, 1.82) is 0 Å². The summed E-state index contributed by atoms with van der Waals surface area (Å²) in [5.41, 5.74) is 1.68. The Morgan fingerprint density at radius 3 is 1.96 bits per heavy atom. The van der Waals surface area contributed by atoms with Crippen molar-refractivity contribution in [2.24, 2.45) is 11.8 Å². The van der Waals surface area contributed by atoms with Crippen molar-refractivity contribution in [2.75, 3.05) is 0 Å². The molecule has 132 valence electrons. The van der Waals surface area contributed by atoms with Gasteiger partial charge in [-0.1, -0.05) is 72.8 Å². The maximum atomic E-state index is 11.9. The molecule has 3 aromatic rings. The van der Waals surface area contributed by atoms with E-state index in [2.05, 4.69) is 0 Å². The molecule has 0 bridgehead atoms. The predicted molar refractivity (Wildman–Crippen MR) is 100 cm³/mol. The third-order valence-electron chi connectivity index (χ3n) is 4.74. The molecule has 0 radical (unpaired) electrons. The van der Waals surface area contributed by atoms with Gasteiger partial charge >= 0.3 is 11.9 Å². The van der Waals surface area contributed by atoms with Crippen molar-refractivity contribution in [3.63, 3.8) is 0 Å². The minimum atomic E-state index is -1.08. The zero-order valence-electron chi connectivity index (χ0n) is 14.2. The van der Waals surface area contributed by atoms with E-state index >= 15 is 0 Å². The Hall–Kier alpha value is -3.14. The molecule has 0 aliphatic carbocycles. The second kappa shape index (κ2) is 7.83. The fraction of sp³-hybridized carbons (Fsp3) is 0.182. The van der Waals surface area contributed by atoms with E-state index in [1.165, 1.54) is 0 Å². The Balaban J connectivity index is 1.94. The molecule has 0 unspecified atom stereocenters. The number of hydrogen-bond donors (Lipinski definition) is 2. The van der Waals surface area contributed by atoms with Crippen LogP contribution in [0.15, 0.2) is 72.8 Å². The number of carbonyl (C=O) groups is 2. The van der Waals surface area contributed by atoms with Crippen LogP contribution in [0.4, 0.5) is 0 Å². The summed E-state index contributed by atoms with van der Waals surface area (Å²) in [5, 5.41) is 21.4. The highest BCUT2D eigenvalue weighted by Gasteiger charge is 2.34. The average molecular weight is 348 g/mol. The van der Waals surface area contributed by atoms with E-state index in [4.69, 9.17) is 0 Å². The lowest BCUT2D eigenvalue weighted by Crippen LogP contribution is -2.33. The minimum Gasteiger partial charge on any atom is -0.481 e. The van der Waals surface area contributed by atoms with Crippen LogP contribution in [0.2, 0.25) is 0 Å². The van der Waals surface area contributed by atoms with Crippen LogP contribution in [-0.4, -0.2) is 22.2 Å². The average Bonchev–Trinajstić information content (AvgIpc) is 2.65. The van der Waals surface area contributed by atoms with E-state index in [1.807, 2.05) is 72.8 Å². The number of hydrogen-bond acceptors (Lipinski definition) is 2. The smallest absolute Gasteiger partial charge is 0.307 e. The normalized spacial score (nSPS) is 13.2. The first kappa shape index (κ1) is 17.7. The van der Waals surface area contributed by atoms with Crippen molar-refractivity contribution < 1.29 is 19.8 Å². The maximum absolute atomic E-state index is 11.9. The lowest BCUT2D eigenvalue weighted by Gasteiger charge is -2.21. The summed E-state index contributed by atoms with van der Waals surface area (Å²) in [6.07, 6.45) is 0.373. The maximum Gasteiger partial charge on any atom is 0.307 e. The largest absolute Gasteiger partial charge is 0.481 e. The van der Waals surface area contributed by atoms with Crippen LogP contribution in [0.1, 0.15) is 11.1 Å². The van der Waals surface area contributed by atoms with Gasteiger partial charge in [-0.15, -0.1) is 0 Å². The number of carboxylic acid groups (broad SMARTS) is 2. The highest BCUT2D eigenvalue weighted by molar-refractivity contribution is 5.87. The molecule has 0 heterocycles. The number of rotatable bonds is 7. The van der Waals surface area contributed by atoms with Crippen molar-refractivity contribution in [3.05, 3.63) is 83.9 Å². The quantitative estimate of drug-likeness (QED) is 0.676. The topological polar surface area (TPSA) is 74.6 Å². The molecule has 2 atom stereocenters. The number of carboxylic acids is 2. The summed E-state index contributed by atoms with van der Waals surface area (Å²) in [6, 6.07) is 22.6. The fourth-order valence-electron chi connectivity index (χ4n) is 3.38. The van der Waals surface area contributed by atoms with Gasteiger partial charge in [-0.25, -0.2) is 0 Å². The summed E-state index contributed by atoms with van der Waals surface area (Å²) < 4.78 is 0. The highest BCUT2D eigenvalue weighted by Crippen LogP contribution is 2.27. The van der Waals surface area contributed by atoms with E-state index in [0.29, 0.717) is 0 Å². The zero-order chi connectivity index (χ0) is 18.5. The van der Waals surface area contributed by atoms with Crippen LogP contribution in [0.3, 0.4) is 0 Å². The van der Waals surface area contributed by atoms with E-state index in [1.54, 1.807) is 0 Å². The van der Waals surface area contributed by atoms with Gasteiger partial charge in [0.15, 0.2) is 0 Å². The van der Waals surface area contributed by atoms with Gasteiger partial charge in [0, 0.05) is 0 Å². The van der Waals surface area contributed by atoms with E-state index in [9.17, 15) is 19.8 Å². The molecule has 0 fully saturated rings. The molecule has 0 aliphatic heterocycles. The molecule has 0 aromatic heterocycles. The van der Waals surface area contributed by atoms with Gasteiger partial charge in [0.2, 0.25) is 0 Å². The summed E-state index contributed by atoms with van der Waals surface area (Å²) in [6.45, 7) is 0. The third kappa shape index (κ3) is 3.91. The van der Waals surface area contributed by atoms with Crippen molar-refractivity contribution in [3.8, 4) is 0 Å². The Morgan fingerprint density at radius 1 is 0.692 bits per heavy atom. The number of aliphatic carboxylic acids is 2. The van der Waals surface area contributed by atoms with Crippen LogP contribution in [0.5, 0.6) is 0 Å². The molecule has 0 saturated carbocycles. The predicted octanol–water partition coefficient (Wildman–Crippen LogP) is 4.03. The zero-order valence-corrected chi connectivity index (χ0v) is 14.2. The Morgan fingerprint density at radius 2 is 1.27 bits per heavy atom. The first-order chi connectivity index (χ1) is 12.6. The van der Waals surface area contributed by atoms with Gasteiger partial charge in [-0.05, 0) is 34.7 Å². The van der Waals surface area contributed by atoms with Gasteiger partial charge in [-0.3, -0.25) is 9.59 Å². The molecule has 0 saturated heterocycles. The van der Waals surface area contributed by atoms with E-state index < -0.39 is 23.8 Å². The van der Waals surface area contributed by atoms with E-state index in [0.717, 1.165) is 21.9 Å². The Labute approximate surface area is 151 Å². The molecule has 3 rings (SSSR count). The number of benzene rings is 3. The van der Waals surface area contributed by atoms with Crippen LogP contribution >= 0.6 is 0 Å². The van der Waals surface area contributed by atoms with Crippen molar-refractivity contribution in [2.45, 2.75) is 12.8 Å². The molecule has 2 N–H and O–H groups in total. The second-order valence-electron chi connectivity index (χ2n) is 6.42. The van der Waals surface area contributed by atoms with Crippen LogP contribution in [-0.2, 0) is 22.4 Å². The molecular formula is C22H20O4. The molecule has 4 nitrogen and oxygen atoms in total. The van der Waals surface area contributed by atoms with Gasteiger partial charge in [0.25, 0.3) is 0 Å². The molecular weight excluding hydrogens is 328 g/mol. The molecule has 0 amide bonds. The van der Waals surface area contributed by atoms with Gasteiger partial charge in [0.1, 0.15) is 0 Å². The second-order valence-corrected chi connectivity index (χ2v) is 6.42. The van der Waals surface area contributed by atoms with Gasteiger partial charge in [-0.2, -0.15) is 0 Å². The number of fused-ring (bicyclic) bond motifs is 1. The summed E-state index contributed by atoms with van der Waals surface area (Å²) >= 11 is 0. The summed E-state index contributed by atoms with van der Waals surface area (Å²) in [4.78, 5) is 23.8. The first-order valence-corrected chi connectivity index (χ1v) is 8.52. The molecule has 4 heteroatoms. The third-order valence-corrected chi connectivity index (χ3v) is 4.74. The Bertz CT molecular complexity index is 912. The van der Waals surface area contributed by atoms with Crippen LogP contribution in [0, 0.1) is 11.8 Å². The van der Waals surface area contributed by atoms with Gasteiger partial charge < -0.3 is 10.2 Å². The molecule has 0 spiro atoms. The SMILES string of the molecule is O=C(O)[C@@H](Cc1ccccc1)[C@H](Cc1cccc2ccccc12)C(=O)O. The van der Waals surface area contributed by atoms with Crippen molar-refractivity contribution >= 4 is 22.7 Å². The van der Waals surface area contributed by atoms with Crippen LogP contribution in [0.25, 0.3) is 10.8 Å². The fourth-order valence-corrected chi connectivity index (χ4v) is 3.38. The first-order valence-electron chi connectivity index (χ1n) is 8.52. The summed E-state index contributed by atoms with van der Waals surface area (Å²) in [7, 11) is 0. The van der Waals surface area contributed by atoms with Crippen molar-refractivity contribution in [1.82, 2.24) is 0 Å². The standard InChI is InChI=1S/C22H20O4/c23-21(24)19(13-15-7-2-1-3-8-15)20(22(25)26)14-17-11-6-10-16-9-4-5-12-18(16)17/h1-12,19-20H,13-14H2,(H,23,24)(H,25,26)/t19-,20-/m0/s1. The molecule has 26 heavy (non-hydrogen) atoms. The summed E-state index contributed by atoms with van der Waals surface area (Å²) in [5.74, 6) is -4.16.